The van der Waals surface area contributed by atoms with Crippen molar-refractivity contribution in [2.75, 3.05) is 12.4 Å². The standard InChI is InChI=1S/C12H17N3O6S2/c13-5(4-22)11(19)21-3-6-8(17)9(18)10(23-6)15-2-1-7(16)14-12(15)20/h1-2,5-6,8-10,17-18,22H,3-4,13H2,(H,14,16,20)/t5-,6-,8?,9?,10-/m1/s1. The zero-order chi connectivity index (χ0) is 17.1. The molecule has 0 aromatic carbocycles. The van der Waals surface area contributed by atoms with Crippen LogP contribution in [0.3, 0.4) is 0 Å². The van der Waals surface area contributed by atoms with Gasteiger partial charge in [0.15, 0.2) is 0 Å². The van der Waals surface area contributed by atoms with Gasteiger partial charge in [-0.2, -0.15) is 12.6 Å². The summed E-state index contributed by atoms with van der Waals surface area (Å²) in [5, 5.41) is 18.7. The molecule has 2 heterocycles. The molecule has 11 heteroatoms. The number of aromatic amines is 1. The van der Waals surface area contributed by atoms with Crippen LogP contribution >= 0.6 is 24.4 Å². The number of hydrogen-bond donors (Lipinski definition) is 5. The molecule has 5 atom stereocenters. The minimum absolute atomic E-state index is 0.122. The highest BCUT2D eigenvalue weighted by atomic mass is 32.2. The van der Waals surface area contributed by atoms with E-state index in [0.29, 0.717) is 0 Å². The Bertz CT molecular complexity index is 677. The van der Waals surface area contributed by atoms with Gasteiger partial charge in [0.1, 0.15) is 24.1 Å². The molecular weight excluding hydrogens is 346 g/mol. The summed E-state index contributed by atoms with van der Waals surface area (Å²) in [5.41, 5.74) is 4.21. The summed E-state index contributed by atoms with van der Waals surface area (Å²) in [4.78, 5) is 36.4. The molecule has 1 fully saturated rings. The van der Waals surface area contributed by atoms with E-state index >= 15 is 0 Å². The fourth-order valence-electron chi connectivity index (χ4n) is 2.07. The lowest BCUT2D eigenvalue weighted by molar-refractivity contribution is -0.145. The maximum atomic E-state index is 11.8. The molecule has 0 aliphatic carbocycles. The average molecular weight is 363 g/mol. The Hall–Kier alpha value is -1.27. The Morgan fingerprint density at radius 3 is 2.78 bits per heavy atom. The minimum atomic E-state index is -1.26. The fraction of sp³-hybridized carbons (Fsp3) is 0.583. The summed E-state index contributed by atoms with van der Waals surface area (Å²) in [6, 6.07) is 0.268. The molecule has 0 amide bonds. The number of nitrogens with two attached hydrogens (primary N) is 1. The van der Waals surface area contributed by atoms with Crippen molar-refractivity contribution in [3.8, 4) is 0 Å². The molecule has 128 valence electrons. The fourth-order valence-corrected chi connectivity index (χ4v) is 3.67. The van der Waals surface area contributed by atoms with Crippen LogP contribution in [0.25, 0.3) is 0 Å². The van der Waals surface area contributed by atoms with Crippen molar-refractivity contribution in [2.45, 2.75) is 28.9 Å². The van der Waals surface area contributed by atoms with Crippen LogP contribution in [0.5, 0.6) is 0 Å². The Labute approximate surface area is 140 Å². The SMILES string of the molecule is N[C@H](CS)C(=O)OC[C@H]1S[C@@H](n2ccc(=O)[nH]c2=O)C(O)C1O. The molecule has 1 aromatic rings. The zero-order valence-corrected chi connectivity index (χ0v) is 13.6. The molecule has 0 spiro atoms. The lowest BCUT2D eigenvalue weighted by atomic mass is 10.1. The quantitative estimate of drug-likeness (QED) is 0.289. The van der Waals surface area contributed by atoms with Gasteiger partial charge in [-0.3, -0.25) is 19.1 Å². The first kappa shape index (κ1) is 18.1. The monoisotopic (exact) mass is 363 g/mol. The number of aromatic nitrogens is 2. The Morgan fingerprint density at radius 2 is 2.17 bits per heavy atom. The van der Waals surface area contributed by atoms with E-state index in [2.05, 4.69) is 17.6 Å². The third-order valence-corrected chi connectivity index (χ3v) is 5.29. The topological polar surface area (TPSA) is 148 Å². The molecule has 2 unspecified atom stereocenters. The molecule has 2 rings (SSSR count). The van der Waals surface area contributed by atoms with Gasteiger partial charge < -0.3 is 20.7 Å². The number of ether oxygens (including phenoxy) is 1. The minimum Gasteiger partial charge on any atom is -0.463 e. The van der Waals surface area contributed by atoms with E-state index in [4.69, 9.17) is 10.5 Å². The Balaban J connectivity index is 2.07. The molecule has 1 aromatic heterocycles. The highest BCUT2D eigenvalue weighted by molar-refractivity contribution is 8.00. The van der Waals surface area contributed by atoms with Crippen molar-refractivity contribution < 1.29 is 19.7 Å². The van der Waals surface area contributed by atoms with Crippen molar-refractivity contribution in [1.29, 1.82) is 0 Å². The normalized spacial score (nSPS) is 28.5. The number of hydrogen-bond acceptors (Lipinski definition) is 9. The summed E-state index contributed by atoms with van der Waals surface area (Å²) in [6.45, 7) is -0.169. The number of aliphatic hydroxyl groups excluding tert-OH is 2. The van der Waals surface area contributed by atoms with Gasteiger partial charge >= 0.3 is 11.7 Å². The number of aliphatic hydroxyl groups is 2. The van der Waals surface area contributed by atoms with E-state index in [9.17, 15) is 24.6 Å². The first-order valence-corrected chi connectivity index (χ1v) is 8.28. The molecule has 9 nitrogen and oxygen atoms in total. The van der Waals surface area contributed by atoms with Gasteiger partial charge in [-0.05, 0) is 0 Å². The van der Waals surface area contributed by atoms with Crippen molar-refractivity contribution in [3.05, 3.63) is 33.1 Å². The van der Waals surface area contributed by atoms with Crippen molar-refractivity contribution in [2.24, 2.45) is 5.73 Å². The molecule has 23 heavy (non-hydrogen) atoms. The number of rotatable bonds is 5. The maximum Gasteiger partial charge on any atom is 0.329 e. The van der Waals surface area contributed by atoms with Gasteiger partial charge in [0.25, 0.3) is 5.56 Å². The number of nitrogens with zero attached hydrogens (tertiary/aromatic N) is 1. The molecule has 5 N–H and O–H groups in total. The molecule has 1 saturated heterocycles. The van der Waals surface area contributed by atoms with Crippen molar-refractivity contribution >= 4 is 30.4 Å². The molecule has 0 bridgehead atoms. The second-order valence-corrected chi connectivity index (χ2v) is 6.71. The molecule has 1 aliphatic rings. The predicted molar refractivity (Wildman–Crippen MR) is 86.5 cm³/mol. The van der Waals surface area contributed by atoms with E-state index in [0.717, 1.165) is 22.4 Å². The highest BCUT2D eigenvalue weighted by Crippen LogP contribution is 2.41. The van der Waals surface area contributed by atoms with Crippen LogP contribution in [0.1, 0.15) is 5.37 Å². The van der Waals surface area contributed by atoms with Crippen LogP contribution < -0.4 is 17.0 Å². The number of nitrogens with one attached hydrogen (secondary N) is 1. The molecule has 0 saturated carbocycles. The summed E-state index contributed by atoms with van der Waals surface area (Å²) < 4.78 is 6.09. The van der Waals surface area contributed by atoms with Gasteiger partial charge in [0.05, 0.1) is 11.4 Å². The zero-order valence-electron chi connectivity index (χ0n) is 11.9. The third-order valence-electron chi connectivity index (χ3n) is 3.35. The number of carbonyl (C=O) groups excluding carboxylic acids is 1. The van der Waals surface area contributed by atoms with Gasteiger partial charge in [-0.25, -0.2) is 4.79 Å². The summed E-state index contributed by atoms with van der Waals surface area (Å²) in [6.07, 6.45) is -1.23. The second-order valence-electron chi connectivity index (χ2n) is 4.98. The number of carbonyl (C=O) groups is 1. The van der Waals surface area contributed by atoms with Gasteiger partial charge in [0, 0.05) is 18.0 Å². The third kappa shape index (κ3) is 3.98. The Kier molecular flexibility index (Phi) is 5.92. The molecule has 0 radical (unpaired) electrons. The number of thioether (sulfide) groups is 1. The first-order chi connectivity index (χ1) is 10.8. The smallest absolute Gasteiger partial charge is 0.329 e. The van der Waals surface area contributed by atoms with Crippen LogP contribution in [0.15, 0.2) is 21.9 Å². The van der Waals surface area contributed by atoms with Crippen molar-refractivity contribution in [3.63, 3.8) is 0 Å². The number of H-pyrrole nitrogens is 1. The predicted octanol–water partition coefficient (Wildman–Crippen LogP) is -2.33. The highest BCUT2D eigenvalue weighted by Gasteiger charge is 2.44. The van der Waals surface area contributed by atoms with E-state index in [-0.39, 0.29) is 12.4 Å². The summed E-state index contributed by atoms with van der Waals surface area (Å²) in [5.74, 6) is -0.538. The van der Waals surface area contributed by atoms with Crippen LogP contribution in [0, 0.1) is 0 Å². The average Bonchev–Trinajstić information content (AvgIpc) is 2.80. The van der Waals surface area contributed by atoms with Crippen LogP contribution in [0.2, 0.25) is 0 Å². The number of thiol groups is 1. The lowest BCUT2D eigenvalue weighted by Crippen LogP contribution is -2.39. The summed E-state index contributed by atoms with van der Waals surface area (Å²) >= 11 is 4.95. The lowest BCUT2D eigenvalue weighted by Gasteiger charge is -2.17. The largest absolute Gasteiger partial charge is 0.463 e. The van der Waals surface area contributed by atoms with Crippen LogP contribution in [-0.2, 0) is 9.53 Å². The van der Waals surface area contributed by atoms with Gasteiger partial charge in [0.2, 0.25) is 0 Å². The van der Waals surface area contributed by atoms with E-state index < -0.39 is 46.1 Å². The number of esters is 1. The van der Waals surface area contributed by atoms with Crippen LogP contribution in [-0.4, -0.2) is 61.6 Å². The maximum absolute atomic E-state index is 11.8. The summed E-state index contributed by atoms with van der Waals surface area (Å²) in [7, 11) is 0. The van der Waals surface area contributed by atoms with E-state index in [1.807, 2.05) is 0 Å². The molecule has 1 aliphatic heterocycles. The Morgan fingerprint density at radius 1 is 1.48 bits per heavy atom. The van der Waals surface area contributed by atoms with Crippen molar-refractivity contribution in [1.82, 2.24) is 9.55 Å². The van der Waals surface area contributed by atoms with E-state index in [1.54, 1.807) is 0 Å². The van der Waals surface area contributed by atoms with E-state index in [1.165, 1.54) is 6.20 Å². The first-order valence-electron chi connectivity index (χ1n) is 6.71. The molecular formula is C12H17N3O6S2. The van der Waals surface area contributed by atoms with Crippen LogP contribution in [0.4, 0.5) is 0 Å². The van der Waals surface area contributed by atoms with Gasteiger partial charge in [-0.15, -0.1) is 11.8 Å². The second kappa shape index (κ2) is 7.53. The van der Waals surface area contributed by atoms with Gasteiger partial charge in [-0.1, -0.05) is 0 Å².